The Kier molecular flexibility index (Phi) is 8.76. The average molecular weight is 806 g/mol. The molecule has 0 radical (unpaired) electrons. The second kappa shape index (κ2) is 15.0. The van der Waals surface area contributed by atoms with Crippen molar-refractivity contribution in [2.45, 2.75) is 0 Å². The Balaban J connectivity index is 1.03. The van der Waals surface area contributed by atoms with Gasteiger partial charge in [0, 0.05) is 37.1 Å². The van der Waals surface area contributed by atoms with Crippen molar-refractivity contribution in [3.63, 3.8) is 0 Å². The summed E-state index contributed by atoms with van der Waals surface area (Å²) in [4.78, 5) is 2.45. The molecule has 11 aromatic carbocycles. The molecule has 1 aromatic heterocycles. The van der Waals surface area contributed by atoms with Gasteiger partial charge in [-0.15, -0.1) is 11.3 Å². The summed E-state index contributed by atoms with van der Waals surface area (Å²) in [5.74, 6) is 0. The van der Waals surface area contributed by atoms with Crippen LogP contribution >= 0.6 is 11.3 Å². The van der Waals surface area contributed by atoms with Crippen molar-refractivity contribution in [3.05, 3.63) is 237 Å². The molecule has 2 heteroatoms. The zero-order chi connectivity index (χ0) is 41.0. The number of fused-ring (bicyclic) bond motifs is 7. The van der Waals surface area contributed by atoms with Crippen LogP contribution < -0.4 is 4.90 Å². The van der Waals surface area contributed by atoms with Crippen LogP contribution in [-0.2, 0) is 0 Å². The van der Waals surface area contributed by atoms with Crippen LogP contribution in [0.4, 0.5) is 17.1 Å². The third kappa shape index (κ3) is 6.41. The number of rotatable bonds is 7. The molecular formula is C60H39NS. The van der Waals surface area contributed by atoms with Gasteiger partial charge < -0.3 is 4.90 Å². The molecule has 0 N–H and O–H groups in total. The minimum Gasteiger partial charge on any atom is -0.310 e. The number of hydrogen-bond acceptors (Lipinski definition) is 2. The van der Waals surface area contributed by atoms with Crippen LogP contribution in [-0.4, -0.2) is 0 Å². The molecule has 62 heavy (non-hydrogen) atoms. The molecule has 0 spiro atoms. The third-order valence-electron chi connectivity index (χ3n) is 12.4. The van der Waals surface area contributed by atoms with Crippen molar-refractivity contribution < 1.29 is 0 Å². The van der Waals surface area contributed by atoms with Crippen molar-refractivity contribution in [2.75, 3.05) is 4.90 Å². The van der Waals surface area contributed by atoms with Crippen molar-refractivity contribution in [2.24, 2.45) is 0 Å². The SMILES string of the molecule is c1ccc(-c2ccc(-c3ccc4ccccc4c3)cc2N(c2ccc(-c3ccc4c(ccc5ccccc54)c3)cc2)c2cccc(-c3ccc4sc5ccccc5c4c3)c2)cc1. The Bertz CT molecular complexity index is 3640. The number of hydrogen-bond donors (Lipinski definition) is 0. The first-order valence-electron chi connectivity index (χ1n) is 21.2. The molecule has 0 atom stereocenters. The molecular weight excluding hydrogens is 767 g/mol. The zero-order valence-corrected chi connectivity index (χ0v) is 34.7. The fourth-order valence-corrected chi connectivity index (χ4v) is 10.4. The molecule has 12 rings (SSSR count). The molecule has 0 amide bonds. The highest BCUT2D eigenvalue weighted by atomic mass is 32.1. The summed E-state index contributed by atoms with van der Waals surface area (Å²) < 4.78 is 2.63. The van der Waals surface area contributed by atoms with Crippen LogP contribution in [0.2, 0.25) is 0 Å². The summed E-state index contributed by atoms with van der Waals surface area (Å²) in [6, 6.07) is 87.0. The van der Waals surface area contributed by atoms with Gasteiger partial charge in [-0.1, -0.05) is 176 Å². The first-order chi connectivity index (χ1) is 30.7. The molecule has 0 unspecified atom stereocenters. The normalized spacial score (nSPS) is 11.5. The Hall–Kier alpha value is -7.78. The maximum Gasteiger partial charge on any atom is 0.0546 e. The van der Waals surface area contributed by atoms with E-state index < -0.39 is 0 Å². The first kappa shape index (κ1) is 36.1. The number of thiophene rings is 1. The van der Waals surface area contributed by atoms with Crippen LogP contribution in [0.15, 0.2) is 237 Å². The van der Waals surface area contributed by atoms with E-state index in [0.717, 1.165) is 22.6 Å². The summed E-state index contributed by atoms with van der Waals surface area (Å²) in [5.41, 5.74) is 12.8. The second-order valence-electron chi connectivity index (χ2n) is 16.1. The van der Waals surface area contributed by atoms with E-state index in [1.807, 2.05) is 11.3 Å². The summed E-state index contributed by atoms with van der Waals surface area (Å²) in [5, 5.41) is 10.2. The van der Waals surface area contributed by atoms with Gasteiger partial charge in [0.25, 0.3) is 0 Å². The molecule has 0 aliphatic rings. The zero-order valence-electron chi connectivity index (χ0n) is 33.9. The maximum atomic E-state index is 2.45. The van der Waals surface area contributed by atoms with Gasteiger partial charge in [-0.2, -0.15) is 0 Å². The van der Waals surface area contributed by atoms with Gasteiger partial charge in [0.2, 0.25) is 0 Å². The average Bonchev–Trinajstić information content (AvgIpc) is 3.72. The fraction of sp³-hybridized carbons (Fsp3) is 0. The Morgan fingerprint density at radius 1 is 0.258 bits per heavy atom. The van der Waals surface area contributed by atoms with Gasteiger partial charge in [-0.3, -0.25) is 0 Å². The summed E-state index contributed by atoms with van der Waals surface area (Å²) in [6.07, 6.45) is 0. The van der Waals surface area contributed by atoms with E-state index >= 15 is 0 Å². The van der Waals surface area contributed by atoms with Crippen molar-refractivity contribution in [1.29, 1.82) is 0 Å². The molecule has 0 bridgehead atoms. The van der Waals surface area contributed by atoms with Crippen LogP contribution in [0.1, 0.15) is 0 Å². The third-order valence-corrected chi connectivity index (χ3v) is 13.6. The van der Waals surface area contributed by atoms with Crippen molar-refractivity contribution in [1.82, 2.24) is 0 Å². The Morgan fingerprint density at radius 2 is 0.823 bits per heavy atom. The van der Waals surface area contributed by atoms with Gasteiger partial charge in [0.1, 0.15) is 0 Å². The van der Waals surface area contributed by atoms with Gasteiger partial charge in [0.05, 0.1) is 5.69 Å². The van der Waals surface area contributed by atoms with Gasteiger partial charge >= 0.3 is 0 Å². The number of anilines is 3. The smallest absolute Gasteiger partial charge is 0.0546 e. The van der Waals surface area contributed by atoms with Crippen LogP contribution in [0, 0.1) is 0 Å². The molecule has 290 valence electrons. The second-order valence-corrected chi connectivity index (χ2v) is 17.2. The summed E-state index contributed by atoms with van der Waals surface area (Å²) in [7, 11) is 0. The van der Waals surface area contributed by atoms with Crippen molar-refractivity contribution in [3.8, 4) is 44.5 Å². The Morgan fingerprint density at radius 3 is 1.71 bits per heavy atom. The maximum absolute atomic E-state index is 2.45. The lowest BCUT2D eigenvalue weighted by molar-refractivity contribution is 1.28. The van der Waals surface area contributed by atoms with E-state index in [-0.39, 0.29) is 0 Å². The van der Waals surface area contributed by atoms with E-state index in [0.29, 0.717) is 0 Å². The summed E-state index contributed by atoms with van der Waals surface area (Å²) >= 11 is 1.86. The highest BCUT2D eigenvalue weighted by Crippen LogP contribution is 2.45. The lowest BCUT2D eigenvalue weighted by Gasteiger charge is -2.29. The number of benzene rings is 11. The van der Waals surface area contributed by atoms with Gasteiger partial charge in [-0.25, -0.2) is 0 Å². The number of nitrogens with zero attached hydrogens (tertiary/aromatic N) is 1. The van der Waals surface area contributed by atoms with Crippen LogP contribution in [0.3, 0.4) is 0 Å². The molecule has 0 aliphatic heterocycles. The molecule has 12 aromatic rings. The highest BCUT2D eigenvalue weighted by molar-refractivity contribution is 7.25. The monoisotopic (exact) mass is 805 g/mol. The largest absolute Gasteiger partial charge is 0.310 e. The van der Waals surface area contributed by atoms with E-state index in [1.165, 1.54) is 91.4 Å². The summed E-state index contributed by atoms with van der Waals surface area (Å²) in [6.45, 7) is 0. The van der Waals surface area contributed by atoms with E-state index in [9.17, 15) is 0 Å². The van der Waals surface area contributed by atoms with Crippen LogP contribution in [0.5, 0.6) is 0 Å². The predicted octanol–water partition coefficient (Wildman–Crippen LogP) is 17.7. The predicted molar refractivity (Wildman–Crippen MR) is 268 cm³/mol. The van der Waals surface area contributed by atoms with E-state index in [1.54, 1.807) is 0 Å². The van der Waals surface area contributed by atoms with Gasteiger partial charge in [0.15, 0.2) is 0 Å². The molecule has 0 fully saturated rings. The molecule has 0 saturated heterocycles. The Labute approximate surface area is 365 Å². The lowest BCUT2D eigenvalue weighted by Crippen LogP contribution is -2.11. The quantitative estimate of drug-likeness (QED) is 0.145. The molecule has 0 aliphatic carbocycles. The minimum absolute atomic E-state index is 1.09. The first-order valence-corrected chi connectivity index (χ1v) is 22.0. The standard InChI is InChI=1S/C60H39NS/c1-2-12-42(13-3-1)55-33-28-49(47-23-21-40-11-4-5-15-44(40)35-47)39-58(55)61(52-17-10-16-45(37-52)48-29-34-60-57(38-48)56-19-8-9-20-59(56)62-60)51-30-25-41(26-31-51)46-27-32-54-50(36-46)24-22-43-14-6-7-18-53(43)54/h1-39H. The minimum atomic E-state index is 1.09. The van der Waals surface area contributed by atoms with Crippen LogP contribution in [0.25, 0.3) is 97.0 Å². The van der Waals surface area contributed by atoms with Gasteiger partial charge in [-0.05, 0) is 132 Å². The molecule has 1 nitrogen and oxygen atoms in total. The van der Waals surface area contributed by atoms with E-state index in [4.69, 9.17) is 0 Å². The lowest BCUT2D eigenvalue weighted by atomic mass is 9.95. The molecule has 1 heterocycles. The molecule has 0 saturated carbocycles. The van der Waals surface area contributed by atoms with E-state index in [2.05, 4.69) is 241 Å². The highest BCUT2D eigenvalue weighted by Gasteiger charge is 2.20. The topological polar surface area (TPSA) is 3.24 Å². The van der Waals surface area contributed by atoms with Crippen molar-refractivity contribution >= 4 is 80.9 Å². The fourth-order valence-electron chi connectivity index (χ4n) is 9.28.